The Labute approximate surface area is 113 Å². The van der Waals surface area contributed by atoms with Gasteiger partial charge < -0.3 is 14.0 Å². The zero-order valence-corrected chi connectivity index (χ0v) is 12.0. The molecule has 0 bridgehead atoms. The van der Waals surface area contributed by atoms with E-state index in [0.717, 1.165) is 5.56 Å². The van der Waals surface area contributed by atoms with Gasteiger partial charge in [0.25, 0.3) is 0 Å². The molecule has 0 spiro atoms. The molecule has 0 aliphatic carbocycles. The van der Waals surface area contributed by atoms with E-state index in [1.54, 1.807) is 18.4 Å². The zero-order chi connectivity index (χ0) is 14.4. The summed E-state index contributed by atoms with van der Waals surface area (Å²) in [6.07, 6.45) is 2.66. The van der Waals surface area contributed by atoms with Crippen LogP contribution in [0.15, 0.2) is 6.20 Å². The van der Waals surface area contributed by atoms with Crippen molar-refractivity contribution in [3.8, 4) is 0 Å². The average molecular weight is 267 g/mol. The first-order chi connectivity index (χ1) is 9.04. The molecule has 0 aliphatic rings. The molecule has 0 saturated heterocycles. The van der Waals surface area contributed by atoms with Crippen LogP contribution < -0.4 is 0 Å². The van der Waals surface area contributed by atoms with E-state index in [2.05, 4.69) is 0 Å². The fraction of sp³-hybridized carbons (Fsp3) is 0.571. The maximum atomic E-state index is 12.0. The monoisotopic (exact) mass is 267 g/mol. The Morgan fingerprint density at radius 1 is 1.16 bits per heavy atom. The molecule has 0 saturated carbocycles. The number of rotatable bonds is 6. The Balaban J connectivity index is 3.10. The van der Waals surface area contributed by atoms with Gasteiger partial charge in [-0.1, -0.05) is 6.92 Å². The van der Waals surface area contributed by atoms with Gasteiger partial charge in [0.2, 0.25) is 0 Å². The average Bonchev–Trinajstić information content (AvgIpc) is 2.67. The van der Waals surface area contributed by atoms with E-state index in [1.165, 1.54) is 0 Å². The van der Waals surface area contributed by atoms with E-state index < -0.39 is 0 Å². The van der Waals surface area contributed by atoms with Crippen molar-refractivity contribution in [3.05, 3.63) is 23.0 Å². The molecule has 19 heavy (non-hydrogen) atoms. The van der Waals surface area contributed by atoms with Crippen molar-refractivity contribution in [1.29, 1.82) is 0 Å². The van der Waals surface area contributed by atoms with Crippen LogP contribution in [0, 0.1) is 0 Å². The van der Waals surface area contributed by atoms with Crippen molar-refractivity contribution in [2.24, 2.45) is 7.05 Å². The summed E-state index contributed by atoms with van der Waals surface area (Å²) in [5, 5.41) is 0. The second kappa shape index (κ2) is 6.97. The molecule has 5 heteroatoms. The third-order valence-electron chi connectivity index (χ3n) is 2.86. The Morgan fingerprint density at radius 3 is 2.32 bits per heavy atom. The molecule has 5 nitrogen and oxygen atoms in total. The number of hydrogen-bond acceptors (Lipinski definition) is 4. The largest absolute Gasteiger partial charge is 0.466 e. The molecule has 1 heterocycles. The first kappa shape index (κ1) is 15.3. The molecule has 1 rings (SSSR count). The SMILES string of the molecule is CCOC(=O)Cc1c(C(=O)OCC)c(CC)cn1C. The minimum absolute atomic E-state index is 0.0818. The summed E-state index contributed by atoms with van der Waals surface area (Å²) in [4.78, 5) is 23.6. The molecule has 1 aromatic heterocycles. The molecule has 0 aromatic carbocycles. The lowest BCUT2D eigenvalue weighted by Crippen LogP contribution is -2.15. The molecule has 0 atom stereocenters. The maximum Gasteiger partial charge on any atom is 0.340 e. The van der Waals surface area contributed by atoms with Gasteiger partial charge in [-0.15, -0.1) is 0 Å². The molecule has 0 unspecified atom stereocenters. The van der Waals surface area contributed by atoms with Crippen molar-refractivity contribution in [1.82, 2.24) is 4.57 Å². The van der Waals surface area contributed by atoms with Gasteiger partial charge >= 0.3 is 11.9 Å². The maximum absolute atomic E-state index is 12.0. The molecular formula is C14H21NO4. The van der Waals surface area contributed by atoms with Gasteiger partial charge in [-0.3, -0.25) is 4.79 Å². The predicted octanol–water partition coefficient (Wildman–Crippen LogP) is 1.87. The van der Waals surface area contributed by atoms with Crippen LogP contribution in [0.2, 0.25) is 0 Å². The molecule has 106 valence electrons. The van der Waals surface area contributed by atoms with E-state index in [-0.39, 0.29) is 18.4 Å². The molecule has 0 fully saturated rings. The summed E-state index contributed by atoms with van der Waals surface area (Å²) < 4.78 is 11.8. The molecular weight excluding hydrogens is 246 g/mol. The van der Waals surface area contributed by atoms with Gasteiger partial charge in [-0.25, -0.2) is 4.79 Å². The first-order valence-electron chi connectivity index (χ1n) is 6.54. The highest BCUT2D eigenvalue weighted by molar-refractivity contribution is 5.94. The van der Waals surface area contributed by atoms with Gasteiger partial charge in [0.1, 0.15) is 0 Å². The summed E-state index contributed by atoms with van der Waals surface area (Å²) in [7, 11) is 1.82. The highest BCUT2D eigenvalue weighted by Crippen LogP contribution is 2.20. The number of nitrogens with zero attached hydrogens (tertiary/aromatic N) is 1. The predicted molar refractivity (Wildman–Crippen MR) is 71.1 cm³/mol. The highest BCUT2D eigenvalue weighted by Gasteiger charge is 2.23. The highest BCUT2D eigenvalue weighted by atomic mass is 16.5. The molecule has 0 N–H and O–H groups in total. The third kappa shape index (κ3) is 3.59. The Bertz CT molecular complexity index is 462. The van der Waals surface area contributed by atoms with Gasteiger partial charge in [-0.2, -0.15) is 0 Å². The van der Waals surface area contributed by atoms with Crippen LogP contribution in [0.3, 0.4) is 0 Å². The van der Waals surface area contributed by atoms with E-state index in [0.29, 0.717) is 30.9 Å². The summed E-state index contributed by atoms with van der Waals surface area (Å²) in [5.74, 6) is -0.712. The van der Waals surface area contributed by atoms with E-state index in [1.807, 2.05) is 20.2 Å². The molecule has 0 aliphatic heterocycles. The topological polar surface area (TPSA) is 57.5 Å². The van der Waals surface area contributed by atoms with Crippen molar-refractivity contribution >= 4 is 11.9 Å². The van der Waals surface area contributed by atoms with Crippen LogP contribution in [-0.2, 0) is 34.2 Å². The van der Waals surface area contributed by atoms with Gasteiger partial charge in [0.05, 0.1) is 25.2 Å². The van der Waals surface area contributed by atoms with E-state index in [4.69, 9.17) is 9.47 Å². The first-order valence-corrected chi connectivity index (χ1v) is 6.54. The van der Waals surface area contributed by atoms with Gasteiger partial charge in [0, 0.05) is 18.9 Å². The van der Waals surface area contributed by atoms with Crippen LogP contribution >= 0.6 is 0 Å². The van der Waals surface area contributed by atoms with Crippen LogP contribution in [0.5, 0.6) is 0 Å². The fourth-order valence-corrected chi connectivity index (χ4v) is 2.02. The van der Waals surface area contributed by atoms with Crippen molar-refractivity contribution in [3.63, 3.8) is 0 Å². The van der Waals surface area contributed by atoms with Crippen molar-refractivity contribution in [2.75, 3.05) is 13.2 Å². The molecule has 0 amide bonds. The minimum atomic E-state index is -0.376. The van der Waals surface area contributed by atoms with Crippen LogP contribution in [-0.4, -0.2) is 29.7 Å². The quantitative estimate of drug-likeness (QED) is 0.738. The number of ether oxygens (including phenoxy) is 2. The smallest absolute Gasteiger partial charge is 0.340 e. The number of esters is 2. The van der Waals surface area contributed by atoms with Gasteiger partial charge in [-0.05, 0) is 25.8 Å². The summed E-state index contributed by atoms with van der Waals surface area (Å²) in [6, 6.07) is 0. The second-order valence-electron chi connectivity index (χ2n) is 4.14. The fourth-order valence-electron chi connectivity index (χ4n) is 2.02. The Morgan fingerprint density at radius 2 is 1.79 bits per heavy atom. The Hall–Kier alpha value is -1.78. The lowest BCUT2D eigenvalue weighted by atomic mass is 10.1. The lowest BCUT2D eigenvalue weighted by Gasteiger charge is -2.08. The third-order valence-corrected chi connectivity index (χ3v) is 2.86. The summed E-state index contributed by atoms with van der Waals surface area (Å²) >= 11 is 0. The normalized spacial score (nSPS) is 10.3. The summed E-state index contributed by atoms with van der Waals surface area (Å²) in [6.45, 7) is 6.13. The molecule has 0 radical (unpaired) electrons. The Kier molecular flexibility index (Phi) is 5.60. The van der Waals surface area contributed by atoms with Crippen LogP contribution in [0.4, 0.5) is 0 Å². The number of aryl methyl sites for hydroxylation is 2. The standard InChI is InChI=1S/C14H21NO4/c1-5-10-9-15(4)11(8-12(16)18-6-2)13(10)14(17)19-7-3/h9H,5-8H2,1-4H3. The number of carbonyl (C=O) groups excluding carboxylic acids is 2. The summed E-state index contributed by atoms with van der Waals surface area (Å²) in [5.41, 5.74) is 2.04. The van der Waals surface area contributed by atoms with Crippen molar-refractivity contribution in [2.45, 2.75) is 33.6 Å². The second-order valence-corrected chi connectivity index (χ2v) is 4.14. The van der Waals surface area contributed by atoms with E-state index in [9.17, 15) is 9.59 Å². The minimum Gasteiger partial charge on any atom is -0.466 e. The van der Waals surface area contributed by atoms with E-state index >= 15 is 0 Å². The van der Waals surface area contributed by atoms with Crippen LogP contribution in [0.1, 0.15) is 42.4 Å². The van der Waals surface area contributed by atoms with Gasteiger partial charge in [0.15, 0.2) is 0 Å². The number of aromatic nitrogens is 1. The lowest BCUT2D eigenvalue weighted by molar-refractivity contribution is -0.142. The number of carbonyl (C=O) groups is 2. The van der Waals surface area contributed by atoms with Crippen LogP contribution in [0.25, 0.3) is 0 Å². The zero-order valence-electron chi connectivity index (χ0n) is 12.0. The number of hydrogen-bond donors (Lipinski definition) is 0. The molecule has 1 aromatic rings. The van der Waals surface area contributed by atoms with Crippen molar-refractivity contribution < 1.29 is 19.1 Å².